The molecule has 2 aromatic heterocycles. The molecule has 6 heteroatoms. The maximum absolute atomic E-state index is 14.1. The molecule has 0 bridgehead atoms. The van der Waals surface area contributed by atoms with Gasteiger partial charge in [-0.1, -0.05) is 38.1 Å². The molecule has 1 saturated carbocycles. The number of halogens is 1. The zero-order valence-corrected chi connectivity index (χ0v) is 17.2. The number of carbonyl (C=O) groups excluding carboxylic acids is 1. The monoisotopic (exact) mass is 394 g/mol. The van der Waals surface area contributed by atoms with E-state index in [0.717, 1.165) is 22.2 Å². The molecule has 29 heavy (non-hydrogen) atoms. The second kappa shape index (κ2) is 7.58. The lowest BCUT2D eigenvalue weighted by atomic mass is 10.0. The molecule has 1 fully saturated rings. The van der Waals surface area contributed by atoms with Crippen molar-refractivity contribution in [1.29, 1.82) is 0 Å². The Morgan fingerprint density at radius 3 is 2.59 bits per heavy atom. The van der Waals surface area contributed by atoms with E-state index in [9.17, 15) is 9.18 Å². The summed E-state index contributed by atoms with van der Waals surface area (Å²) >= 11 is 0. The van der Waals surface area contributed by atoms with E-state index in [1.807, 2.05) is 25.1 Å². The molecule has 3 aromatic rings. The number of pyridine rings is 1. The lowest BCUT2D eigenvalue weighted by Crippen LogP contribution is -2.28. The summed E-state index contributed by atoms with van der Waals surface area (Å²) in [5, 5.41) is 8.23. The summed E-state index contributed by atoms with van der Waals surface area (Å²) in [5.74, 6) is 0.434. The number of benzene rings is 1. The average molecular weight is 394 g/mol. The van der Waals surface area contributed by atoms with Crippen molar-refractivity contribution in [3.05, 3.63) is 59.5 Å². The number of hydrogen-bond acceptors (Lipinski definition) is 3. The third-order valence-corrected chi connectivity index (χ3v) is 5.61. The molecule has 1 aliphatic rings. The standard InChI is InChI=1S/C23H27FN4O/c1-15(2)18-6-4-17(5-7-18)10-22(29)27-16(3)20-11-19-12-26-28(21(19)13-25-20)14-23(24)8-9-23/h4-7,11-13,15-16H,8-10,14H2,1-3H3,(H,27,29). The van der Waals surface area contributed by atoms with Crippen molar-refractivity contribution in [3.8, 4) is 0 Å². The van der Waals surface area contributed by atoms with E-state index >= 15 is 0 Å². The minimum atomic E-state index is -1.10. The summed E-state index contributed by atoms with van der Waals surface area (Å²) in [4.78, 5) is 16.9. The van der Waals surface area contributed by atoms with Crippen LogP contribution in [-0.4, -0.2) is 26.3 Å². The van der Waals surface area contributed by atoms with Crippen LogP contribution in [0.15, 0.2) is 42.7 Å². The molecular weight excluding hydrogens is 367 g/mol. The van der Waals surface area contributed by atoms with Crippen LogP contribution in [0, 0.1) is 0 Å². The van der Waals surface area contributed by atoms with Crippen molar-refractivity contribution in [3.63, 3.8) is 0 Å². The third-order valence-electron chi connectivity index (χ3n) is 5.61. The Morgan fingerprint density at radius 1 is 1.21 bits per heavy atom. The first-order valence-corrected chi connectivity index (χ1v) is 10.2. The number of hydrogen-bond donors (Lipinski definition) is 1. The number of amides is 1. The zero-order valence-electron chi connectivity index (χ0n) is 17.2. The molecule has 0 aliphatic heterocycles. The van der Waals surface area contributed by atoms with E-state index in [4.69, 9.17) is 0 Å². The van der Waals surface area contributed by atoms with Gasteiger partial charge in [0.1, 0.15) is 5.67 Å². The quantitative estimate of drug-likeness (QED) is 0.643. The summed E-state index contributed by atoms with van der Waals surface area (Å²) in [6.07, 6.45) is 4.99. The molecule has 0 saturated heterocycles. The molecular formula is C23H27FN4O. The number of fused-ring (bicyclic) bond motifs is 1. The number of carbonyl (C=O) groups is 1. The van der Waals surface area contributed by atoms with E-state index in [2.05, 4.69) is 41.4 Å². The molecule has 0 spiro atoms. The van der Waals surface area contributed by atoms with Gasteiger partial charge in [-0.3, -0.25) is 14.5 Å². The predicted octanol–water partition coefficient (Wildman–Crippen LogP) is 4.48. The highest BCUT2D eigenvalue weighted by Gasteiger charge is 2.44. The van der Waals surface area contributed by atoms with Crippen LogP contribution in [-0.2, 0) is 17.8 Å². The maximum Gasteiger partial charge on any atom is 0.224 e. The fraction of sp³-hybridized carbons (Fsp3) is 0.435. The number of alkyl halides is 1. The summed E-state index contributed by atoms with van der Waals surface area (Å²) in [7, 11) is 0. The van der Waals surface area contributed by atoms with E-state index in [-0.39, 0.29) is 18.5 Å². The molecule has 152 valence electrons. The summed E-state index contributed by atoms with van der Waals surface area (Å²) < 4.78 is 15.7. The fourth-order valence-corrected chi connectivity index (χ4v) is 3.49. The number of nitrogens with one attached hydrogen (secondary N) is 1. The van der Waals surface area contributed by atoms with Crippen LogP contribution >= 0.6 is 0 Å². The van der Waals surface area contributed by atoms with Crippen molar-refractivity contribution >= 4 is 16.8 Å². The predicted molar refractivity (Wildman–Crippen MR) is 111 cm³/mol. The highest BCUT2D eigenvalue weighted by atomic mass is 19.1. The summed E-state index contributed by atoms with van der Waals surface area (Å²) in [6, 6.07) is 9.87. The van der Waals surface area contributed by atoms with Crippen LogP contribution in [0.5, 0.6) is 0 Å². The average Bonchev–Trinajstić information content (AvgIpc) is 3.28. The molecule has 1 unspecified atom stereocenters. The van der Waals surface area contributed by atoms with E-state index < -0.39 is 5.67 Å². The van der Waals surface area contributed by atoms with Gasteiger partial charge in [-0.15, -0.1) is 0 Å². The van der Waals surface area contributed by atoms with Crippen molar-refractivity contribution in [2.75, 3.05) is 0 Å². The Bertz CT molecular complexity index is 1020. The first-order chi connectivity index (χ1) is 13.8. The summed E-state index contributed by atoms with van der Waals surface area (Å²) in [6.45, 7) is 6.50. The fourth-order valence-electron chi connectivity index (χ4n) is 3.49. The molecule has 4 rings (SSSR count). The van der Waals surface area contributed by atoms with Gasteiger partial charge >= 0.3 is 0 Å². The molecule has 0 radical (unpaired) electrons. The van der Waals surface area contributed by atoms with Gasteiger partial charge < -0.3 is 5.32 Å². The minimum Gasteiger partial charge on any atom is -0.348 e. The smallest absolute Gasteiger partial charge is 0.224 e. The second-order valence-corrected chi connectivity index (χ2v) is 8.48. The van der Waals surface area contributed by atoms with Crippen LogP contribution < -0.4 is 5.32 Å². The van der Waals surface area contributed by atoms with Gasteiger partial charge in [-0.05, 0) is 42.9 Å². The van der Waals surface area contributed by atoms with Crippen molar-refractivity contribution in [2.45, 2.75) is 64.2 Å². The molecule has 2 heterocycles. The first kappa shape index (κ1) is 19.6. The van der Waals surface area contributed by atoms with Gasteiger partial charge in [0.25, 0.3) is 0 Å². The first-order valence-electron chi connectivity index (χ1n) is 10.2. The van der Waals surface area contributed by atoms with Crippen molar-refractivity contribution in [1.82, 2.24) is 20.1 Å². The Kier molecular flexibility index (Phi) is 5.11. The molecule has 1 aliphatic carbocycles. The minimum absolute atomic E-state index is 0.0412. The molecule has 1 atom stereocenters. The Morgan fingerprint density at radius 2 is 1.93 bits per heavy atom. The largest absolute Gasteiger partial charge is 0.348 e. The van der Waals surface area contributed by atoms with Crippen LogP contribution in [0.2, 0.25) is 0 Å². The van der Waals surface area contributed by atoms with Gasteiger partial charge in [-0.25, -0.2) is 4.39 Å². The zero-order chi connectivity index (χ0) is 20.6. The van der Waals surface area contributed by atoms with Crippen LogP contribution in [0.1, 0.15) is 62.4 Å². The van der Waals surface area contributed by atoms with Crippen LogP contribution in [0.3, 0.4) is 0 Å². The highest BCUT2D eigenvalue weighted by molar-refractivity contribution is 5.80. The van der Waals surface area contributed by atoms with Crippen LogP contribution in [0.4, 0.5) is 4.39 Å². The van der Waals surface area contributed by atoms with Gasteiger partial charge in [0.15, 0.2) is 0 Å². The maximum atomic E-state index is 14.1. The van der Waals surface area contributed by atoms with E-state index in [1.165, 1.54) is 5.56 Å². The van der Waals surface area contributed by atoms with Crippen molar-refractivity contribution in [2.24, 2.45) is 0 Å². The SMILES string of the molecule is CC(C)c1ccc(CC(=O)NC(C)c2cc3cnn(CC4(F)CC4)c3cn2)cc1. The van der Waals surface area contributed by atoms with Crippen molar-refractivity contribution < 1.29 is 9.18 Å². The molecule has 1 aromatic carbocycles. The van der Waals surface area contributed by atoms with Crippen LogP contribution in [0.25, 0.3) is 10.9 Å². The van der Waals surface area contributed by atoms with Gasteiger partial charge in [-0.2, -0.15) is 5.10 Å². The highest BCUT2D eigenvalue weighted by Crippen LogP contribution is 2.41. The lowest BCUT2D eigenvalue weighted by molar-refractivity contribution is -0.121. The third kappa shape index (κ3) is 4.47. The van der Waals surface area contributed by atoms with E-state index in [0.29, 0.717) is 25.2 Å². The number of rotatable bonds is 7. The van der Waals surface area contributed by atoms with E-state index in [1.54, 1.807) is 17.1 Å². The molecule has 1 amide bonds. The molecule has 5 nitrogen and oxygen atoms in total. The number of nitrogens with zero attached hydrogens (tertiary/aromatic N) is 3. The topological polar surface area (TPSA) is 59.8 Å². The van der Waals surface area contributed by atoms with Gasteiger partial charge in [0.2, 0.25) is 5.91 Å². The second-order valence-electron chi connectivity index (χ2n) is 8.48. The van der Waals surface area contributed by atoms with Gasteiger partial charge in [0.05, 0.1) is 42.6 Å². The molecule has 1 N–H and O–H groups in total. The summed E-state index contributed by atoms with van der Waals surface area (Å²) in [5.41, 5.74) is 2.74. The lowest BCUT2D eigenvalue weighted by Gasteiger charge is -2.14. The Hall–Kier alpha value is -2.76. The Balaban J connectivity index is 1.40. The number of aromatic nitrogens is 3. The normalized spacial score (nSPS) is 16.2. The van der Waals surface area contributed by atoms with Gasteiger partial charge in [0, 0.05) is 5.39 Å². The Labute approximate surface area is 170 Å².